The molecule has 0 saturated carbocycles. The van der Waals surface area contributed by atoms with Crippen LogP contribution < -0.4 is 0 Å². The van der Waals surface area contributed by atoms with Crippen LogP contribution in [0, 0.1) is 18.2 Å². The maximum Gasteiger partial charge on any atom is 0.141 e. The summed E-state index contributed by atoms with van der Waals surface area (Å²) in [5.41, 5.74) is 4.72. The number of furan rings is 1. The highest BCUT2D eigenvalue weighted by molar-refractivity contribution is 6.09. The van der Waals surface area contributed by atoms with Crippen molar-refractivity contribution in [2.24, 2.45) is 0 Å². The van der Waals surface area contributed by atoms with Crippen LogP contribution in [0.2, 0.25) is 0 Å². The molecule has 4 rings (SSSR count). The molecule has 2 nitrogen and oxygen atoms in total. The van der Waals surface area contributed by atoms with Crippen LogP contribution in [0.1, 0.15) is 30.5 Å². The number of aryl methyl sites for hydroxylation is 1. The molecule has 0 aliphatic heterocycles. The maximum atomic E-state index is 14.5. The van der Waals surface area contributed by atoms with Gasteiger partial charge in [0.25, 0.3) is 0 Å². The van der Waals surface area contributed by atoms with Crippen molar-refractivity contribution >= 4 is 33.7 Å². The van der Waals surface area contributed by atoms with Crippen LogP contribution in [-0.4, -0.2) is 6.21 Å². The van der Waals surface area contributed by atoms with Gasteiger partial charge in [0.05, 0.1) is 0 Å². The smallest absolute Gasteiger partial charge is 0.141 e. The number of halogens is 1. The highest BCUT2D eigenvalue weighted by Crippen LogP contribution is 2.32. The molecular formula is C25H24FNO. The molecule has 1 aromatic heterocycles. The van der Waals surface area contributed by atoms with Crippen molar-refractivity contribution in [1.82, 2.24) is 0 Å². The van der Waals surface area contributed by atoms with E-state index in [4.69, 9.17) is 9.83 Å². The summed E-state index contributed by atoms with van der Waals surface area (Å²) in [5, 5.41) is 9.61. The summed E-state index contributed by atoms with van der Waals surface area (Å²) in [7, 11) is 0. The molecular weight excluding hydrogens is 349 g/mol. The molecule has 0 atom stereocenters. The third kappa shape index (κ3) is 3.74. The lowest BCUT2D eigenvalue weighted by Crippen LogP contribution is -1.92. The van der Waals surface area contributed by atoms with Gasteiger partial charge in [-0.25, -0.2) is 4.39 Å². The van der Waals surface area contributed by atoms with E-state index < -0.39 is 0 Å². The molecule has 28 heavy (non-hydrogen) atoms. The van der Waals surface area contributed by atoms with Gasteiger partial charge in [0.15, 0.2) is 0 Å². The Morgan fingerprint density at radius 2 is 1.68 bits per heavy atom. The number of benzene rings is 3. The Bertz CT molecular complexity index is 1140. The van der Waals surface area contributed by atoms with Gasteiger partial charge in [-0.3, -0.25) is 0 Å². The van der Waals surface area contributed by atoms with Gasteiger partial charge >= 0.3 is 0 Å². The second-order valence-corrected chi connectivity index (χ2v) is 6.37. The monoisotopic (exact) mass is 373 g/mol. The Morgan fingerprint density at radius 1 is 0.964 bits per heavy atom. The van der Waals surface area contributed by atoms with Crippen LogP contribution in [-0.2, 0) is 6.42 Å². The lowest BCUT2D eigenvalue weighted by Gasteiger charge is -2.05. The van der Waals surface area contributed by atoms with Crippen LogP contribution in [0.25, 0.3) is 27.5 Å². The molecule has 0 amide bonds. The first-order valence-corrected chi connectivity index (χ1v) is 9.53. The number of allylic oxidation sites excluding steroid dienone is 2. The van der Waals surface area contributed by atoms with Crippen molar-refractivity contribution in [1.29, 1.82) is 5.41 Å². The first kappa shape index (κ1) is 19.6. The van der Waals surface area contributed by atoms with Gasteiger partial charge in [0.2, 0.25) is 0 Å². The number of rotatable bonds is 4. The molecule has 0 bridgehead atoms. The third-order valence-corrected chi connectivity index (χ3v) is 4.66. The summed E-state index contributed by atoms with van der Waals surface area (Å²) >= 11 is 0. The maximum absolute atomic E-state index is 14.5. The standard InChI is InChI=1S/C23H18FNO.C2H6/c1-15-6-8-16(9-7-15)17(14-25)10-11-20-21(24)13-12-19-18-4-2-3-5-22(18)26-23(19)20;1-2/h2-10,12-14,25H,11H2,1H3;1-2H3/b17-10+,25-14?;. The van der Waals surface area contributed by atoms with Gasteiger partial charge in [0.1, 0.15) is 17.0 Å². The summed E-state index contributed by atoms with van der Waals surface area (Å²) in [5.74, 6) is -0.291. The summed E-state index contributed by atoms with van der Waals surface area (Å²) in [4.78, 5) is 0. The third-order valence-electron chi connectivity index (χ3n) is 4.66. The molecule has 1 heterocycles. The van der Waals surface area contributed by atoms with E-state index in [9.17, 15) is 4.39 Å². The molecule has 3 aromatic carbocycles. The number of fused-ring (bicyclic) bond motifs is 3. The molecule has 0 spiro atoms. The van der Waals surface area contributed by atoms with Crippen LogP contribution >= 0.6 is 0 Å². The molecule has 1 N–H and O–H groups in total. The van der Waals surface area contributed by atoms with Crippen molar-refractivity contribution in [2.45, 2.75) is 27.2 Å². The highest BCUT2D eigenvalue weighted by Gasteiger charge is 2.14. The van der Waals surface area contributed by atoms with E-state index in [0.717, 1.165) is 33.1 Å². The predicted octanol–water partition coefficient (Wildman–Crippen LogP) is 7.34. The minimum atomic E-state index is -0.291. The Kier molecular flexibility index (Phi) is 6.05. The molecule has 3 heteroatoms. The van der Waals surface area contributed by atoms with Crippen molar-refractivity contribution < 1.29 is 8.81 Å². The van der Waals surface area contributed by atoms with E-state index in [1.54, 1.807) is 6.07 Å². The fourth-order valence-corrected chi connectivity index (χ4v) is 3.23. The molecule has 0 radical (unpaired) electrons. The van der Waals surface area contributed by atoms with Gasteiger partial charge in [-0.15, -0.1) is 0 Å². The zero-order valence-electron chi connectivity index (χ0n) is 16.4. The van der Waals surface area contributed by atoms with Crippen molar-refractivity contribution in [3.63, 3.8) is 0 Å². The Balaban J connectivity index is 0.00000109. The van der Waals surface area contributed by atoms with Gasteiger partial charge in [-0.05, 0) is 42.7 Å². The van der Waals surface area contributed by atoms with Crippen molar-refractivity contribution in [2.75, 3.05) is 0 Å². The van der Waals surface area contributed by atoms with E-state index in [1.165, 1.54) is 12.3 Å². The van der Waals surface area contributed by atoms with Crippen molar-refractivity contribution in [3.05, 3.63) is 89.2 Å². The highest BCUT2D eigenvalue weighted by atomic mass is 19.1. The molecule has 0 unspecified atom stereocenters. The van der Waals surface area contributed by atoms with E-state index >= 15 is 0 Å². The zero-order valence-corrected chi connectivity index (χ0v) is 16.4. The second kappa shape index (κ2) is 8.66. The quantitative estimate of drug-likeness (QED) is 0.373. The number of para-hydroxylation sites is 1. The summed E-state index contributed by atoms with van der Waals surface area (Å²) in [6.45, 7) is 6.02. The van der Waals surface area contributed by atoms with Crippen LogP contribution in [0.4, 0.5) is 4.39 Å². The topological polar surface area (TPSA) is 37.0 Å². The normalized spacial score (nSPS) is 11.4. The zero-order chi connectivity index (χ0) is 20.1. The molecule has 0 aliphatic carbocycles. The number of hydrogen-bond acceptors (Lipinski definition) is 2. The minimum Gasteiger partial charge on any atom is -0.456 e. The lowest BCUT2D eigenvalue weighted by atomic mass is 10.0. The van der Waals surface area contributed by atoms with E-state index in [0.29, 0.717) is 17.6 Å². The molecule has 0 aliphatic rings. The van der Waals surface area contributed by atoms with Crippen LogP contribution in [0.15, 0.2) is 71.2 Å². The molecule has 4 aromatic rings. The van der Waals surface area contributed by atoms with Crippen LogP contribution in [0.5, 0.6) is 0 Å². The van der Waals surface area contributed by atoms with Gasteiger partial charge < -0.3 is 9.83 Å². The average Bonchev–Trinajstić information content (AvgIpc) is 3.11. The SMILES string of the molecule is CC.Cc1ccc(/C(C=N)=C/Cc2c(F)ccc3c2oc2ccccc23)cc1. The largest absolute Gasteiger partial charge is 0.456 e. The Morgan fingerprint density at radius 3 is 2.39 bits per heavy atom. The van der Waals surface area contributed by atoms with E-state index in [1.807, 2.05) is 75.4 Å². The molecule has 0 saturated heterocycles. The molecule has 142 valence electrons. The van der Waals surface area contributed by atoms with Gasteiger partial charge in [-0.2, -0.15) is 0 Å². The first-order chi connectivity index (χ1) is 13.7. The second-order valence-electron chi connectivity index (χ2n) is 6.37. The van der Waals surface area contributed by atoms with Gasteiger partial charge in [-0.1, -0.05) is 68.0 Å². The number of nitrogens with one attached hydrogen (secondary N) is 1. The summed E-state index contributed by atoms with van der Waals surface area (Å²) in [6, 6.07) is 19.0. The average molecular weight is 373 g/mol. The Labute approximate surface area is 164 Å². The summed E-state index contributed by atoms with van der Waals surface area (Å²) in [6.07, 6.45) is 3.55. The van der Waals surface area contributed by atoms with Crippen LogP contribution in [0.3, 0.4) is 0 Å². The van der Waals surface area contributed by atoms with Gasteiger partial charge in [0, 0.05) is 22.6 Å². The summed E-state index contributed by atoms with van der Waals surface area (Å²) < 4.78 is 20.4. The van der Waals surface area contributed by atoms with E-state index in [-0.39, 0.29) is 5.82 Å². The fraction of sp³-hybridized carbons (Fsp3) is 0.160. The molecule has 0 fully saturated rings. The Hall–Kier alpha value is -3.20. The fourth-order valence-electron chi connectivity index (χ4n) is 3.23. The number of hydrogen-bond donors (Lipinski definition) is 1. The predicted molar refractivity (Wildman–Crippen MR) is 117 cm³/mol. The van der Waals surface area contributed by atoms with E-state index in [2.05, 4.69) is 0 Å². The lowest BCUT2D eigenvalue weighted by molar-refractivity contribution is 0.603. The van der Waals surface area contributed by atoms with Crippen molar-refractivity contribution in [3.8, 4) is 0 Å². The first-order valence-electron chi connectivity index (χ1n) is 9.53. The minimum absolute atomic E-state index is 0.291.